The van der Waals surface area contributed by atoms with Gasteiger partial charge in [0.15, 0.2) is 0 Å². The summed E-state index contributed by atoms with van der Waals surface area (Å²) in [7, 11) is 1.91. The Morgan fingerprint density at radius 2 is 2.06 bits per heavy atom. The molecule has 0 amide bonds. The molecule has 17 heavy (non-hydrogen) atoms. The Balaban J connectivity index is 2.39. The molecule has 2 nitrogen and oxygen atoms in total. The molecule has 0 aromatic heterocycles. The summed E-state index contributed by atoms with van der Waals surface area (Å²) in [6.07, 6.45) is 1.81. The van der Waals surface area contributed by atoms with Gasteiger partial charge in [-0.25, -0.2) is 8.78 Å². The van der Waals surface area contributed by atoms with Crippen molar-refractivity contribution in [1.29, 1.82) is 5.26 Å². The monoisotopic (exact) mass is 238 g/mol. The molecule has 0 saturated carbocycles. The average Bonchev–Trinajstić information content (AvgIpc) is 2.31. The van der Waals surface area contributed by atoms with E-state index in [0.717, 1.165) is 25.1 Å². The van der Waals surface area contributed by atoms with Crippen molar-refractivity contribution in [3.05, 3.63) is 35.4 Å². The number of halogens is 2. The fourth-order valence-corrected chi connectivity index (χ4v) is 1.59. The minimum absolute atomic E-state index is 0.364. The van der Waals surface area contributed by atoms with Crippen molar-refractivity contribution in [3.8, 4) is 6.07 Å². The number of likely N-dealkylation sites (N-methyl/N-ethyl adjacent to an activating group) is 1. The van der Waals surface area contributed by atoms with E-state index in [1.807, 2.05) is 11.9 Å². The summed E-state index contributed by atoms with van der Waals surface area (Å²) in [5.41, 5.74) is 0.400. The summed E-state index contributed by atoms with van der Waals surface area (Å²) in [6.45, 7) is 1.45. The summed E-state index contributed by atoms with van der Waals surface area (Å²) in [5, 5.41) is 8.39. The molecule has 0 spiro atoms. The standard InChI is InChI=1S/C13H16F2N2/c1-17(8-3-2-7-16)9-6-11-10-12(14)4-5-13(11)15/h4-5,10H,2-3,6,8-9H2,1H3. The van der Waals surface area contributed by atoms with Gasteiger partial charge in [-0.1, -0.05) is 0 Å². The maximum absolute atomic E-state index is 13.3. The van der Waals surface area contributed by atoms with E-state index in [4.69, 9.17) is 5.26 Å². The molecule has 92 valence electrons. The number of rotatable bonds is 6. The zero-order valence-electron chi connectivity index (χ0n) is 9.92. The smallest absolute Gasteiger partial charge is 0.126 e. The summed E-state index contributed by atoms with van der Waals surface area (Å²) in [4.78, 5) is 2.02. The van der Waals surface area contributed by atoms with E-state index >= 15 is 0 Å². The molecule has 0 aliphatic heterocycles. The van der Waals surface area contributed by atoms with Gasteiger partial charge in [-0.05, 0) is 50.2 Å². The molecule has 0 unspecified atom stereocenters. The third-order valence-corrected chi connectivity index (χ3v) is 2.60. The van der Waals surface area contributed by atoms with Gasteiger partial charge >= 0.3 is 0 Å². The quantitative estimate of drug-likeness (QED) is 0.712. The second-order valence-corrected chi connectivity index (χ2v) is 4.05. The number of unbranched alkanes of at least 4 members (excludes halogenated alkanes) is 1. The van der Waals surface area contributed by atoms with Gasteiger partial charge in [-0.15, -0.1) is 0 Å². The first-order valence-electron chi connectivity index (χ1n) is 5.63. The first-order chi connectivity index (χ1) is 8.13. The van der Waals surface area contributed by atoms with Gasteiger partial charge in [0.05, 0.1) is 6.07 Å². The van der Waals surface area contributed by atoms with E-state index in [1.165, 1.54) is 6.07 Å². The van der Waals surface area contributed by atoms with Crippen molar-refractivity contribution in [3.63, 3.8) is 0 Å². The van der Waals surface area contributed by atoms with Crippen LogP contribution in [-0.4, -0.2) is 25.0 Å². The van der Waals surface area contributed by atoms with Gasteiger partial charge in [-0.3, -0.25) is 0 Å². The van der Waals surface area contributed by atoms with Gasteiger partial charge in [-0.2, -0.15) is 5.26 Å². The predicted molar refractivity (Wildman–Crippen MR) is 62.4 cm³/mol. The van der Waals surface area contributed by atoms with E-state index < -0.39 is 5.82 Å². The number of hydrogen-bond donors (Lipinski definition) is 0. The van der Waals surface area contributed by atoms with Crippen LogP contribution in [-0.2, 0) is 6.42 Å². The van der Waals surface area contributed by atoms with Gasteiger partial charge in [0, 0.05) is 13.0 Å². The van der Waals surface area contributed by atoms with Crippen LogP contribution in [0.1, 0.15) is 18.4 Å². The van der Waals surface area contributed by atoms with E-state index in [2.05, 4.69) is 6.07 Å². The Kier molecular flexibility index (Phi) is 5.58. The van der Waals surface area contributed by atoms with Gasteiger partial charge < -0.3 is 4.90 Å². The summed E-state index contributed by atoms with van der Waals surface area (Å²) in [5.74, 6) is -0.773. The van der Waals surface area contributed by atoms with Gasteiger partial charge in [0.2, 0.25) is 0 Å². The molecule has 1 aromatic carbocycles. The molecule has 0 atom stereocenters. The fraction of sp³-hybridized carbons (Fsp3) is 0.462. The molecule has 0 heterocycles. The fourth-order valence-electron chi connectivity index (χ4n) is 1.59. The highest BCUT2D eigenvalue weighted by molar-refractivity contribution is 5.18. The average molecular weight is 238 g/mol. The van der Waals surface area contributed by atoms with E-state index in [-0.39, 0.29) is 5.82 Å². The van der Waals surface area contributed by atoms with Crippen LogP contribution < -0.4 is 0 Å². The van der Waals surface area contributed by atoms with Crippen LogP contribution in [0.4, 0.5) is 8.78 Å². The predicted octanol–water partition coefficient (Wildman–Crippen LogP) is 2.74. The molecule has 1 rings (SSSR count). The third kappa shape index (κ3) is 4.92. The lowest BCUT2D eigenvalue weighted by molar-refractivity contribution is 0.333. The number of nitrogens with zero attached hydrogens (tertiary/aromatic N) is 2. The van der Waals surface area contributed by atoms with Crippen LogP contribution in [0.15, 0.2) is 18.2 Å². The third-order valence-electron chi connectivity index (χ3n) is 2.60. The maximum Gasteiger partial charge on any atom is 0.126 e. The largest absolute Gasteiger partial charge is 0.306 e. The van der Waals surface area contributed by atoms with E-state index in [9.17, 15) is 8.78 Å². The molecule has 4 heteroatoms. The number of nitriles is 1. The zero-order chi connectivity index (χ0) is 12.7. The molecule has 1 aromatic rings. The van der Waals surface area contributed by atoms with Crippen LogP contribution in [0.25, 0.3) is 0 Å². The van der Waals surface area contributed by atoms with Gasteiger partial charge in [0.25, 0.3) is 0 Å². The highest BCUT2D eigenvalue weighted by atomic mass is 19.1. The summed E-state index contributed by atoms with van der Waals surface area (Å²) >= 11 is 0. The number of hydrogen-bond acceptors (Lipinski definition) is 2. The van der Waals surface area contributed by atoms with Crippen LogP contribution >= 0.6 is 0 Å². The van der Waals surface area contributed by atoms with E-state index in [0.29, 0.717) is 24.9 Å². The van der Waals surface area contributed by atoms with Crippen molar-refractivity contribution in [2.45, 2.75) is 19.3 Å². The van der Waals surface area contributed by atoms with Crippen LogP contribution in [0.3, 0.4) is 0 Å². The summed E-state index contributed by atoms with van der Waals surface area (Å²) in [6, 6.07) is 5.59. The molecule has 0 aliphatic carbocycles. The molecule has 0 radical (unpaired) electrons. The zero-order valence-corrected chi connectivity index (χ0v) is 9.92. The molecule has 0 saturated heterocycles. The molecular formula is C13H16F2N2. The Morgan fingerprint density at radius 3 is 2.76 bits per heavy atom. The number of benzene rings is 1. The molecular weight excluding hydrogens is 222 g/mol. The summed E-state index contributed by atoms with van der Waals surface area (Å²) < 4.78 is 26.2. The highest BCUT2D eigenvalue weighted by Gasteiger charge is 2.05. The topological polar surface area (TPSA) is 27.0 Å². The van der Waals surface area contributed by atoms with Crippen molar-refractivity contribution < 1.29 is 8.78 Å². The van der Waals surface area contributed by atoms with Crippen LogP contribution in [0.5, 0.6) is 0 Å². The maximum atomic E-state index is 13.3. The van der Waals surface area contributed by atoms with Crippen molar-refractivity contribution in [2.24, 2.45) is 0 Å². The normalized spacial score (nSPS) is 10.5. The molecule has 0 N–H and O–H groups in total. The molecule has 0 fully saturated rings. The second-order valence-electron chi connectivity index (χ2n) is 4.05. The first kappa shape index (κ1) is 13.6. The highest BCUT2D eigenvalue weighted by Crippen LogP contribution is 2.10. The Labute approximate surface area is 100 Å². The second kappa shape index (κ2) is 6.97. The molecule has 0 aliphatic rings. The SMILES string of the molecule is CN(CCCC#N)CCc1cc(F)ccc1F. The lowest BCUT2D eigenvalue weighted by Gasteiger charge is -2.15. The minimum Gasteiger partial charge on any atom is -0.306 e. The van der Waals surface area contributed by atoms with Crippen molar-refractivity contribution in [2.75, 3.05) is 20.1 Å². The van der Waals surface area contributed by atoms with Crippen LogP contribution in [0.2, 0.25) is 0 Å². The lowest BCUT2D eigenvalue weighted by Crippen LogP contribution is -2.22. The first-order valence-corrected chi connectivity index (χ1v) is 5.63. The van der Waals surface area contributed by atoms with Crippen LogP contribution in [0, 0.1) is 23.0 Å². The minimum atomic E-state index is -0.409. The Morgan fingerprint density at radius 1 is 1.29 bits per heavy atom. The van der Waals surface area contributed by atoms with Crippen molar-refractivity contribution >= 4 is 0 Å². The lowest BCUT2D eigenvalue weighted by atomic mass is 10.1. The molecule has 0 bridgehead atoms. The Hall–Kier alpha value is -1.47. The Bertz CT molecular complexity index is 399. The van der Waals surface area contributed by atoms with E-state index in [1.54, 1.807) is 0 Å². The van der Waals surface area contributed by atoms with Crippen molar-refractivity contribution in [1.82, 2.24) is 4.90 Å². The van der Waals surface area contributed by atoms with Gasteiger partial charge in [0.1, 0.15) is 11.6 Å².